The first-order chi connectivity index (χ1) is 10.4. The molecule has 0 aliphatic rings. The van der Waals surface area contributed by atoms with E-state index in [2.05, 4.69) is 17.6 Å². The highest BCUT2D eigenvalue weighted by molar-refractivity contribution is 7.14. The molecule has 0 bridgehead atoms. The largest absolute Gasteiger partial charge is 0.326 e. The Morgan fingerprint density at radius 2 is 1.82 bits per heavy atom. The minimum atomic E-state index is -0.136. The molecule has 0 aliphatic heterocycles. The van der Waals surface area contributed by atoms with E-state index in [1.807, 2.05) is 32.0 Å². The molecule has 0 spiro atoms. The number of hydrogen-bond acceptors (Lipinski definition) is 3. The summed E-state index contributed by atoms with van der Waals surface area (Å²) >= 11 is 1.53. The van der Waals surface area contributed by atoms with Crippen LogP contribution in [0.25, 0.3) is 0 Å². The highest BCUT2D eigenvalue weighted by atomic mass is 32.1. The van der Waals surface area contributed by atoms with Crippen LogP contribution in [0.3, 0.4) is 0 Å². The molecule has 0 unspecified atom stereocenters. The van der Waals surface area contributed by atoms with E-state index in [1.165, 1.54) is 23.1 Å². The van der Waals surface area contributed by atoms with Gasteiger partial charge in [-0.25, -0.2) is 0 Å². The summed E-state index contributed by atoms with van der Waals surface area (Å²) < 4.78 is 0. The van der Waals surface area contributed by atoms with Gasteiger partial charge in [0.2, 0.25) is 5.91 Å². The number of carbonyl (C=O) groups excluding carboxylic acids is 2. The predicted molar refractivity (Wildman–Crippen MR) is 91.9 cm³/mol. The molecule has 4 nitrogen and oxygen atoms in total. The summed E-state index contributed by atoms with van der Waals surface area (Å²) in [4.78, 5) is 25.5. The van der Waals surface area contributed by atoms with Crippen molar-refractivity contribution in [1.82, 2.24) is 0 Å². The lowest BCUT2D eigenvalue weighted by atomic mass is 10.1. The van der Waals surface area contributed by atoms with Crippen molar-refractivity contribution in [3.05, 3.63) is 45.1 Å². The number of aryl methyl sites for hydroxylation is 3. The van der Waals surface area contributed by atoms with Crippen molar-refractivity contribution < 1.29 is 9.59 Å². The summed E-state index contributed by atoms with van der Waals surface area (Å²) in [7, 11) is 0. The second kappa shape index (κ2) is 6.75. The van der Waals surface area contributed by atoms with Crippen LogP contribution in [0.4, 0.5) is 11.4 Å². The monoisotopic (exact) mass is 316 g/mol. The number of carbonyl (C=O) groups is 2. The van der Waals surface area contributed by atoms with E-state index in [1.54, 1.807) is 6.07 Å². The maximum absolute atomic E-state index is 12.4. The van der Waals surface area contributed by atoms with Crippen molar-refractivity contribution in [2.75, 3.05) is 10.6 Å². The molecule has 0 radical (unpaired) electrons. The van der Waals surface area contributed by atoms with Crippen LogP contribution in [-0.2, 0) is 11.2 Å². The van der Waals surface area contributed by atoms with Crippen LogP contribution >= 0.6 is 11.3 Å². The van der Waals surface area contributed by atoms with Crippen molar-refractivity contribution in [2.24, 2.45) is 0 Å². The number of nitrogens with one attached hydrogen (secondary N) is 2. The Kier molecular flexibility index (Phi) is 4.98. The van der Waals surface area contributed by atoms with Gasteiger partial charge < -0.3 is 10.6 Å². The average Bonchev–Trinajstić information content (AvgIpc) is 2.83. The molecule has 0 saturated carbocycles. The third kappa shape index (κ3) is 3.74. The molecule has 22 heavy (non-hydrogen) atoms. The highest BCUT2D eigenvalue weighted by Gasteiger charge is 2.13. The number of hydrogen-bond donors (Lipinski definition) is 2. The summed E-state index contributed by atoms with van der Waals surface area (Å²) in [5.41, 5.74) is 3.48. The molecule has 1 heterocycles. The fraction of sp³-hybridized carbons (Fsp3) is 0.294. The Labute approximate surface area is 134 Å². The van der Waals surface area contributed by atoms with Crippen molar-refractivity contribution in [3.8, 4) is 0 Å². The van der Waals surface area contributed by atoms with Crippen LogP contribution in [0.2, 0.25) is 0 Å². The third-order valence-electron chi connectivity index (χ3n) is 3.37. The summed E-state index contributed by atoms with van der Waals surface area (Å²) in [5, 5.41) is 5.65. The fourth-order valence-electron chi connectivity index (χ4n) is 2.20. The van der Waals surface area contributed by atoms with Crippen molar-refractivity contribution >= 4 is 34.5 Å². The van der Waals surface area contributed by atoms with E-state index in [9.17, 15) is 9.59 Å². The van der Waals surface area contributed by atoms with Gasteiger partial charge in [-0.05, 0) is 49.6 Å². The highest BCUT2D eigenvalue weighted by Crippen LogP contribution is 2.25. The molecule has 2 amide bonds. The first-order valence-corrected chi connectivity index (χ1v) is 8.01. The lowest BCUT2D eigenvalue weighted by Gasteiger charge is -2.10. The number of amides is 2. The van der Waals surface area contributed by atoms with E-state index >= 15 is 0 Å². The second-order valence-electron chi connectivity index (χ2n) is 5.24. The Balaban J connectivity index is 2.21. The molecule has 5 heteroatoms. The van der Waals surface area contributed by atoms with Gasteiger partial charge in [-0.1, -0.05) is 13.0 Å². The van der Waals surface area contributed by atoms with E-state index in [4.69, 9.17) is 0 Å². The van der Waals surface area contributed by atoms with E-state index < -0.39 is 0 Å². The van der Waals surface area contributed by atoms with Crippen LogP contribution in [0, 0.1) is 13.8 Å². The van der Waals surface area contributed by atoms with Crippen LogP contribution in [0.15, 0.2) is 24.3 Å². The van der Waals surface area contributed by atoms with Crippen LogP contribution in [0.1, 0.15) is 39.5 Å². The molecule has 2 aromatic rings. The topological polar surface area (TPSA) is 58.2 Å². The average molecular weight is 316 g/mol. The Morgan fingerprint density at radius 3 is 2.41 bits per heavy atom. The summed E-state index contributed by atoms with van der Waals surface area (Å²) in [5.74, 6) is -0.251. The van der Waals surface area contributed by atoms with Gasteiger partial charge in [0.1, 0.15) is 0 Å². The maximum Gasteiger partial charge on any atom is 0.265 e. The number of anilines is 2. The summed E-state index contributed by atoms with van der Waals surface area (Å²) in [6.45, 7) is 7.49. The van der Waals surface area contributed by atoms with E-state index in [0.29, 0.717) is 16.3 Å². The zero-order valence-electron chi connectivity index (χ0n) is 13.2. The van der Waals surface area contributed by atoms with E-state index in [0.717, 1.165) is 17.5 Å². The molecular weight excluding hydrogens is 296 g/mol. The zero-order chi connectivity index (χ0) is 16.3. The SMILES string of the molecule is CCc1sc(C(=O)Nc2cc(NC(C)=O)ccc2C)cc1C. The fourth-order valence-corrected chi connectivity index (χ4v) is 3.21. The second-order valence-corrected chi connectivity index (χ2v) is 6.37. The van der Waals surface area contributed by atoms with Gasteiger partial charge in [0, 0.05) is 23.2 Å². The Hall–Kier alpha value is -2.14. The Morgan fingerprint density at radius 1 is 1.09 bits per heavy atom. The van der Waals surface area contributed by atoms with Crippen molar-refractivity contribution in [2.45, 2.75) is 34.1 Å². The molecule has 0 atom stereocenters. The smallest absolute Gasteiger partial charge is 0.265 e. The van der Waals surface area contributed by atoms with Crippen molar-refractivity contribution in [1.29, 1.82) is 0 Å². The lowest BCUT2D eigenvalue weighted by molar-refractivity contribution is -0.114. The minimum Gasteiger partial charge on any atom is -0.326 e. The first-order valence-electron chi connectivity index (χ1n) is 7.19. The number of thiophene rings is 1. The summed E-state index contributed by atoms with van der Waals surface area (Å²) in [6.07, 6.45) is 0.931. The zero-order valence-corrected chi connectivity index (χ0v) is 14.1. The molecule has 116 valence electrons. The molecule has 1 aromatic heterocycles. The molecule has 1 aromatic carbocycles. The van der Waals surface area contributed by atoms with Crippen LogP contribution in [0.5, 0.6) is 0 Å². The van der Waals surface area contributed by atoms with Crippen molar-refractivity contribution in [3.63, 3.8) is 0 Å². The maximum atomic E-state index is 12.4. The summed E-state index contributed by atoms with van der Waals surface area (Å²) in [6, 6.07) is 7.39. The molecule has 0 saturated heterocycles. The van der Waals surface area contributed by atoms with Gasteiger partial charge in [-0.2, -0.15) is 0 Å². The standard InChI is InChI=1S/C17H20N2O2S/c1-5-15-11(3)8-16(22-15)17(21)19-14-9-13(18-12(4)20)7-6-10(14)2/h6-9H,5H2,1-4H3,(H,18,20)(H,19,21). The Bertz CT molecular complexity index is 719. The van der Waals surface area contributed by atoms with Gasteiger partial charge in [0.05, 0.1) is 4.88 Å². The molecule has 2 N–H and O–H groups in total. The number of rotatable bonds is 4. The van der Waals surface area contributed by atoms with Gasteiger partial charge in [0.15, 0.2) is 0 Å². The van der Waals surface area contributed by atoms with Crippen LogP contribution in [-0.4, -0.2) is 11.8 Å². The molecule has 2 rings (SSSR count). The predicted octanol–water partition coefficient (Wildman–Crippen LogP) is 4.14. The third-order valence-corrected chi connectivity index (χ3v) is 4.75. The number of benzene rings is 1. The molecule has 0 aliphatic carbocycles. The molecule has 0 fully saturated rings. The molecular formula is C17H20N2O2S. The van der Waals surface area contributed by atoms with Gasteiger partial charge in [-0.3, -0.25) is 9.59 Å². The van der Waals surface area contributed by atoms with E-state index in [-0.39, 0.29) is 11.8 Å². The lowest BCUT2D eigenvalue weighted by Crippen LogP contribution is -2.12. The van der Waals surface area contributed by atoms with Gasteiger partial charge >= 0.3 is 0 Å². The first kappa shape index (κ1) is 16.2. The normalized spacial score (nSPS) is 10.4. The quantitative estimate of drug-likeness (QED) is 0.890. The minimum absolute atomic E-state index is 0.115. The van der Waals surface area contributed by atoms with Crippen LogP contribution < -0.4 is 10.6 Å². The van der Waals surface area contributed by atoms with Gasteiger partial charge in [-0.15, -0.1) is 11.3 Å². The van der Waals surface area contributed by atoms with Gasteiger partial charge in [0.25, 0.3) is 5.91 Å².